The van der Waals surface area contributed by atoms with E-state index in [-0.39, 0.29) is 53.4 Å². The van der Waals surface area contributed by atoms with Gasteiger partial charge in [-0.1, -0.05) is 36.4 Å². The number of aromatic hydroxyl groups is 3. The Morgan fingerprint density at radius 3 is 0.806 bits per heavy atom. The summed E-state index contributed by atoms with van der Waals surface area (Å²) in [6, 6.07) is 16.9. The van der Waals surface area contributed by atoms with Crippen molar-refractivity contribution in [2.24, 2.45) is 0 Å². The van der Waals surface area contributed by atoms with Gasteiger partial charge in [-0.05, 0) is 36.4 Å². The molecule has 10 heteroatoms. The zero-order chi connectivity index (χ0) is 22.7. The number of rotatable bonds is 3. The molecule has 9 nitrogen and oxygen atoms in total. The number of carbonyl (C=O) groups excluding carboxylic acids is 3. The molecule has 0 aliphatic heterocycles. The van der Waals surface area contributed by atoms with E-state index < -0.39 is 17.9 Å². The summed E-state index contributed by atoms with van der Waals surface area (Å²) < 4.78 is 0. The minimum atomic E-state index is -1.36. The van der Waals surface area contributed by atoms with Gasteiger partial charge < -0.3 is 45.0 Å². The van der Waals surface area contributed by atoms with E-state index in [0.717, 1.165) is 0 Å². The van der Waals surface area contributed by atoms with Gasteiger partial charge in [0.05, 0.1) is 17.9 Å². The Balaban J connectivity index is 0.000000429. The van der Waals surface area contributed by atoms with Crippen LogP contribution in [-0.2, 0) is 19.5 Å². The maximum absolute atomic E-state index is 10.2. The maximum atomic E-state index is 10.2. The van der Waals surface area contributed by atoms with Crippen molar-refractivity contribution in [1.82, 2.24) is 0 Å². The van der Waals surface area contributed by atoms with E-state index in [0.29, 0.717) is 0 Å². The predicted octanol–water partition coefficient (Wildman–Crippen LogP) is -0.735. The molecule has 0 heterocycles. The van der Waals surface area contributed by atoms with Crippen molar-refractivity contribution in [3.8, 4) is 17.2 Å². The Labute approximate surface area is 189 Å². The molecule has 0 saturated carbocycles. The van der Waals surface area contributed by atoms with Crippen LogP contribution in [0, 0.1) is 0 Å². The van der Waals surface area contributed by atoms with E-state index in [9.17, 15) is 29.7 Å². The van der Waals surface area contributed by atoms with Crippen molar-refractivity contribution < 1.29 is 64.5 Å². The molecule has 0 saturated heterocycles. The standard InChI is InChI=1S/3C7H6O3.Ru/c3*8-6-4-2-1-3-5(6)7(9)10;/h3*1-4,8H,(H,9,10);/q;;;+3/p-3. The summed E-state index contributed by atoms with van der Waals surface area (Å²) in [4.78, 5) is 30.5. The predicted molar refractivity (Wildman–Crippen MR) is 97.3 cm³/mol. The van der Waals surface area contributed by atoms with E-state index in [1.807, 2.05) is 0 Å². The van der Waals surface area contributed by atoms with Gasteiger partial charge >= 0.3 is 19.5 Å². The molecule has 0 atom stereocenters. The monoisotopic (exact) mass is 513 g/mol. The van der Waals surface area contributed by atoms with Crippen molar-refractivity contribution in [2.45, 2.75) is 0 Å². The molecule has 0 aromatic heterocycles. The molecule has 3 rings (SSSR count). The number of phenols is 3. The molecule has 0 spiro atoms. The smallest absolute Gasteiger partial charge is 0.545 e. The molecule has 0 unspecified atom stereocenters. The molecule has 0 aliphatic carbocycles. The van der Waals surface area contributed by atoms with Crippen LogP contribution in [-0.4, -0.2) is 33.2 Å². The fourth-order valence-electron chi connectivity index (χ4n) is 1.94. The number of carboxylic acid groups (broad SMARTS) is 3. The summed E-state index contributed by atoms with van der Waals surface area (Å²) in [7, 11) is 0. The Morgan fingerprint density at radius 2 is 0.677 bits per heavy atom. The third kappa shape index (κ3) is 8.97. The topological polar surface area (TPSA) is 181 Å². The summed E-state index contributed by atoms with van der Waals surface area (Å²) in [5.41, 5.74) is -0.535. The quantitative estimate of drug-likeness (QED) is 0.381. The second-order valence-electron chi connectivity index (χ2n) is 5.41. The average molecular weight is 512 g/mol. The number of benzene rings is 3. The molecule has 161 valence electrons. The Bertz CT molecular complexity index is 903. The van der Waals surface area contributed by atoms with Crippen molar-refractivity contribution in [3.63, 3.8) is 0 Å². The first-order valence-corrected chi connectivity index (χ1v) is 8.13. The summed E-state index contributed by atoms with van der Waals surface area (Å²) in [5, 5.41) is 57.0. The van der Waals surface area contributed by atoms with E-state index in [4.69, 9.17) is 15.3 Å². The molecule has 0 fully saturated rings. The van der Waals surface area contributed by atoms with E-state index in [2.05, 4.69) is 0 Å². The molecule has 0 amide bonds. The van der Waals surface area contributed by atoms with Crippen molar-refractivity contribution in [3.05, 3.63) is 89.5 Å². The number of aromatic carboxylic acids is 3. The van der Waals surface area contributed by atoms with Crippen LogP contribution in [0.2, 0.25) is 0 Å². The largest absolute Gasteiger partial charge is 3.00 e. The Hall–Kier alpha value is -3.91. The van der Waals surface area contributed by atoms with Gasteiger partial charge in [0.2, 0.25) is 0 Å². The van der Waals surface area contributed by atoms with E-state index in [1.165, 1.54) is 54.6 Å². The minimum Gasteiger partial charge on any atom is -0.545 e. The third-order valence-corrected chi connectivity index (χ3v) is 3.37. The number of carbonyl (C=O) groups is 3. The number of hydrogen-bond acceptors (Lipinski definition) is 9. The summed E-state index contributed by atoms with van der Waals surface area (Å²) in [5.74, 6) is -4.87. The van der Waals surface area contributed by atoms with Gasteiger partial charge in [-0.25, -0.2) is 0 Å². The first-order chi connectivity index (χ1) is 14.1. The second kappa shape index (κ2) is 13.3. The molecule has 0 aliphatic rings. The van der Waals surface area contributed by atoms with Crippen molar-refractivity contribution >= 4 is 17.9 Å². The third-order valence-electron chi connectivity index (χ3n) is 3.37. The van der Waals surface area contributed by atoms with Crippen LogP contribution in [0.4, 0.5) is 0 Å². The first-order valence-electron chi connectivity index (χ1n) is 8.13. The van der Waals surface area contributed by atoms with Gasteiger partial charge in [0, 0.05) is 16.7 Å². The van der Waals surface area contributed by atoms with Crippen LogP contribution in [0.1, 0.15) is 31.1 Å². The molecular weight excluding hydrogens is 497 g/mol. The van der Waals surface area contributed by atoms with Crippen LogP contribution in [0.3, 0.4) is 0 Å². The summed E-state index contributed by atoms with van der Waals surface area (Å²) in [6.45, 7) is 0. The van der Waals surface area contributed by atoms with Crippen LogP contribution < -0.4 is 15.3 Å². The van der Waals surface area contributed by atoms with Gasteiger partial charge in [-0.15, -0.1) is 0 Å². The molecule has 1 radical (unpaired) electrons. The SMILES string of the molecule is O=C([O-])c1ccccc1O.O=C([O-])c1ccccc1O.O=C([O-])c1ccccc1O.[Ru+3]. The molecule has 3 aromatic rings. The number of carboxylic acids is 3. The fraction of sp³-hybridized carbons (Fsp3) is 0. The van der Waals surface area contributed by atoms with Crippen LogP contribution in [0.25, 0.3) is 0 Å². The van der Waals surface area contributed by atoms with Crippen molar-refractivity contribution in [2.75, 3.05) is 0 Å². The van der Waals surface area contributed by atoms with Gasteiger partial charge in [0.25, 0.3) is 0 Å². The second-order valence-corrected chi connectivity index (χ2v) is 5.41. The zero-order valence-corrected chi connectivity index (χ0v) is 17.3. The number of para-hydroxylation sites is 3. The Kier molecular flexibility index (Phi) is 11.7. The first kappa shape index (κ1) is 27.1. The average Bonchev–Trinajstić information content (AvgIpc) is 2.69. The maximum Gasteiger partial charge on any atom is 3.00 e. The molecule has 3 aromatic carbocycles. The molecule has 3 N–H and O–H groups in total. The molecule has 0 bridgehead atoms. The summed E-state index contributed by atoms with van der Waals surface area (Å²) in [6.07, 6.45) is 0. The van der Waals surface area contributed by atoms with Gasteiger partial charge in [-0.3, -0.25) is 0 Å². The fourth-order valence-corrected chi connectivity index (χ4v) is 1.94. The van der Waals surface area contributed by atoms with Crippen LogP contribution in [0.15, 0.2) is 72.8 Å². The van der Waals surface area contributed by atoms with E-state index in [1.54, 1.807) is 18.2 Å². The zero-order valence-electron chi connectivity index (χ0n) is 15.6. The number of hydrogen-bond donors (Lipinski definition) is 3. The minimum absolute atomic E-state index is 0. The van der Waals surface area contributed by atoms with Gasteiger partial charge in [0.1, 0.15) is 17.2 Å². The van der Waals surface area contributed by atoms with Gasteiger partial charge in [0.15, 0.2) is 0 Å². The molecule has 31 heavy (non-hydrogen) atoms. The van der Waals surface area contributed by atoms with Crippen LogP contribution in [0.5, 0.6) is 17.2 Å². The van der Waals surface area contributed by atoms with E-state index >= 15 is 0 Å². The molecular formula is C21H15O9Ru. The Morgan fingerprint density at radius 1 is 0.484 bits per heavy atom. The van der Waals surface area contributed by atoms with Gasteiger partial charge in [-0.2, -0.15) is 0 Å². The normalized spacial score (nSPS) is 8.90. The van der Waals surface area contributed by atoms with Crippen molar-refractivity contribution in [1.29, 1.82) is 0 Å². The summed E-state index contributed by atoms with van der Waals surface area (Å²) >= 11 is 0. The van der Waals surface area contributed by atoms with Crippen LogP contribution >= 0.6 is 0 Å².